The molecule has 22 heavy (non-hydrogen) atoms. The van der Waals surface area contributed by atoms with Crippen LogP contribution in [0.25, 0.3) is 0 Å². The Bertz CT molecular complexity index is 525. The zero-order valence-electron chi connectivity index (χ0n) is 13.9. The van der Waals surface area contributed by atoms with Crippen LogP contribution in [0.15, 0.2) is 18.2 Å². The van der Waals surface area contributed by atoms with Crippen LogP contribution in [0.2, 0.25) is 0 Å². The van der Waals surface area contributed by atoms with E-state index < -0.39 is 0 Å². The van der Waals surface area contributed by atoms with E-state index in [0.29, 0.717) is 5.41 Å². The Labute approximate surface area is 134 Å². The van der Waals surface area contributed by atoms with Gasteiger partial charge < -0.3 is 10.2 Å². The van der Waals surface area contributed by atoms with Crippen molar-refractivity contribution >= 4 is 5.69 Å². The largest absolute Gasteiger partial charge is 0.371 e. The lowest BCUT2D eigenvalue weighted by molar-refractivity contribution is -0.0281. The fourth-order valence-electron chi connectivity index (χ4n) is 4.80. The number of benzene rings is 1. The smallest absolute Gasteiger partial charge is 0.0444 e. The predicted octanol–water partition coefficient (Wildman–Crippen LogP) is 2.64. The van der Waals surface area contributed by atoms with Crippen molar-refractivity contribution in [3.8, 4) is 0 Å². The summed E-state index contributed by atoms with van der Waals surface area (Å²) in [7, 11) is 0. The van der Waals surface area contributed by atoms with Crippen molar-refractivity contribution in [2.45, 2.75) is 39.2 Å². The summed E-state index contributed by atoms with van der Waals surface area (Å²) in [5.74, 6) is 0. The topological polar surface area (TPSA) is 18.5 Å². The number of rotatable bonds is 3. The zero-order valence-corrected chi connectivity index (χ0v) is 13.9. The predicted molar refractivity (Wildman–Crippen MR) is 92.5 cm³/mol. The first kappa shape index (κ1) is 14.5. The minimum atomic E-state index is 0.643. The van der Waals surface area contributed by atoms with Gasteiger partial charge in [-0.3, -0.25) is 4.90 Å². The molecule has 0 amide bonds. The first-order valence-electron chi connectivity index (χ1n) is 9.08. The van der Waals surface area contributed by atoms with Crippen LogP contribution in [0.1, 0.15) is 37.3 Å². The van der Waals surface area contributed by atoms with Crippen LogP contribution in [0, 0.1) is 5.41 Å². The molecule has 1 aromatic rings. The van der Waals surface area contributed by atoms with E-state index in [2.05, 4.69) is 40.2 Å². The maximum atomic E-state index is 3.50. The number of aryl methyl sites for hydroxylation is 1. The van der Waals surface area contributed by atoms with Gasteiger partial charge in [0.15, 0.2) is 0 Å². The zero-order chi connectivity index (χ0) is 15.0. The number of nitrogens with one attached hydrogen (secondary N) is 1. The molecule has 3 heterocycles. The summed E-state index contributed by atoms with van der Waals surface area (Å²) < 4.78 is 0. The van der Waals surface area contributed by atoms with E-state index in [1.54, 1.807) is 16.8 Å². The summed E-state index contributed by atoms with van der Waals surface area (Å²) in [6, 6.07) is 6.97. The second kappa shape index (κ2) is 5.86. The van der Waals surface area contributed by atoms with Crippen molar-refractivity contribution in [2.75, 3.05) is 44.2 Å². The lowest BCUT2D eigenvalue weighted by Gasteiger charge is -2.53. The first-order chi connectivity index (χ1) is 10.8. The van der Waals surface area contributed by atoms with Gasteiger partial charge in [0.05, 0.1) is 0 Å². The highest BCUT2D eigenvalue weighted by Gasteiger charge is 2.43. The number of likely N-dealkylation sites (tertiary alicyclic amines) is 1. The highest BCUT2D eigenvalue weighted by Crippen LogP contribution is 2.40. The Morgan fingerprint density at radius 1 is 1.18 bits per heavy atom. The van der Waals surface area contributed by atoms with Crippen molar-refractivity contribution in [2.24, 2.45) is 5.41 Å². The highest BCUT2D eigenvalue weighted by atomic mass is 15.2. The molecule has 3 aliphatic heterocycles. The summed E-state index contributed by atoms with van der Waals surface area (Å²) in [6.45, 7) is 10.9. The Kier molecular flexibility index (Phi) is 3.87. The van der Waals surface area contributed by atoms with E-state index in [1.165, 1.54) is 58.4 Å². The van der Waals surface area contributed by atoms with Crippen LogP contribution in [-0.4, -0.2) is 44.2 Å². The van der Waals surface area contributed by atoms with Crippen molar-refractivity contribution in [3.63, 3.8) is 0 Å². The summed E-state index contributed by atoms with van der Waals surface area (Å²) in [5, 5.41) is 3.50. The minimum Gasteiger partial charge on any atom is -0.371 e. The molecule has 0 aromatic heterocycles. The first-order valence-corrected chi connectivity index (χ1v) is 9.08. The van der Waals surface area contributed by atoms with Crippen LogP contribution in [0.5, 0.6) is 0 Å². The molecule has 1 aromatic carbocycles. The molecule has 3 nitrogen and oxygen atoms in total. The summed E-state index contributed by atoms with van der Waals surface area (Å²) in [4.78, 5) is 5.26. The van der Waals surface area contributed by atoms with Gasteiger partial charge >= 0.3 is 0 Å². The molecule has 3 heteroatoms. The molecule has 120 valence electrons. The Hall–Kier alpha value is -1.06. The van der Waals surface area contributed by atoms with Crippen molar-refractivity contribution in [1.82, 2.24) is 10.2 Å². The fourth-order valence-corrected chi connectivity index (χ4v) is 4.80. The van der Waals surface area contributed by atoms with Gasteiger partial charge in [0.1, 0.15) is 0 Å². The standard InChI is InChI=1S/C19H29N3/c1-2-22-12-4-7-16-5-3-6-17(18(16)22)13-21-14-19(15-21)8-10-20-11-9-19/h3,5-6,20H,2,4,7-15H2,1H3. The number of fused-ring (bicyclic) bond motifs is 1. The summed E-state index contributed by atoms with van der Waals surface area (Å²) >= 11 is 0. The third kappa shape index (κ3) is 2.55. The van der Waals surface area contributed by atoms with Crippen LogP contribution in [-0.2, 0) is 13.0 Å². The molecule has 1 N–H and O–H groups in total. The molecule has 0 radical (unpaired) electrons. The molecule has 2 saturated heterocycles. The third-order valence-electron chi connectivity index (χ3n) is 5.95. The van der Waals surface area contributed by atoms with E-state index in [4.69, 9.17) is 0 Å². The second-order valence-corrected chi connectivity index (χ2v) is 7.50. The molecule has 4 rings (SSSR count). The van der Waals surface area contributed by atoms with Crippen molar-refractivity contribution < 1.29 is 0 Å². The van der Waals surface area contributed by atoms with Gasteiger partial charge in [-0.25, -0.2) is 0 Å². The number of para-hydroxylation sites is 1. The van der Waals surface area contributed by atoms with E-state index >= 15 is 0 Å². The summed E-state index contributed by atoms with van der Waals surface area (Å²) in [6.07, 6.45) is 5.31. The van der Waals surface area contributed by atoms with Crippen molar-refractivity contribution in [1.29, 1.82) is 0 Å². The molecule has 2 fully saturated rings. The van der Waals surface area contributed by atoms with Gasteiger partial charge in [-0.15, -0.1) is 0 Å². The molecule has 3 aliphatic rings. The van der Waals surface area contributed by atoms with Crippen LogP contribution < -0.4 is 10.2 Å². The molecule has 0 bridgehead atoms. The molecular formula is C19H29N3. The molecule has 1 spiro atoms. The molecule has 0 atom stereocenters. The van der Waals surface area contributed by atoms with Gasteiger partial charge in [0.25, 0.3) is 0 Å². The Morgan fingerprint density at radius 3 is 2.77 bits per heavy atom. The van der Waals surface area contributed by atoms with Gasteiger partial charge in [-0.1, -0.05) is 18.2 Å². The molecule has 0 unspecified atom stereocenters. The van der Waals surface area contributed by atoms with Gasteiger partial charge in [0.2, 0.25) is 0 Å². The molecular weight excluding hydrogens is 270 g/mol. The maximum Gasteiger partial charge on any atom is 0.0444 e. The van der Waals surface area contributed by atoms with Crippen LogP contribution in [0.3, 0.4) is 0 Å². The van der Waals surface area contributed by atoms with E-state index in [0.717, 1.165) is 13.1 Å². The highest BCUT2D eigenvalue weighted by molar-refractivity contribution is 5.61. The van der Waals surface area contributed by atoms with Gasteiger partial charge in [0, 0.05) is 38.4 Å². The van der Waals surface area contributed by atoms with E-state index in [-0.39, 0.29) is 0 Å². The van der Waals surface area contributed by atoms with E-state index in [9.17, 15) is 0 Å². The normalized spacial score (nSPS) is 24.1. The number of anilines is 1. The Balaban J connectivity index is 1.48. The molecule has 0 saturated carbocycles. The molecule has 0 aliphatic carbocycles. The van der Waals surface area contributed by atoms with E-state index in [1.807, 2.05) is 0 Å². The average Bonchev–Trinajstić information content (AvgIpc) is 2.54. The second-order valence-electron chi connectivity index (χ2n) is 7.50. The Morgan fingerprint density at radius 2 is 2.00 bits per heavy atom. The minimum absolute atomic E-state index is 0.643. The van der Waals surface area contributed by atoms with Crippen molar-refractivity contribution in [3.05, 3.63) is 29.3 Å². The third-order valence-corrected chi connectivity index (χ3v) is 5.95. The fraction of sp³-hybridized carbons (Fsp3) is 0.684. The lowest BCUT2D eigenvalue weighted by Crippen LogP contribution is -2.59. The average molecular weight is 299 g/mol. The van der Waals surface area contributed by atoms with Crippen LogP contribution >= 0.6 is 0 Å². The van der Waals surface area contributed by atoms with Crippen LogP contribution in [0.4, 0.5) is 5.69 Å². The van der Waals surface area contributed by atoms with Gasteiger partial charge in [-0.05, 0) is 62.2 Å². The quantitative estimate of drug-likeness (QED) is 0.926. The number of hydrogen-bond acceptors (Lipinski definition) is 3. The number of piperidine rings is 1. The monoisotopic (exact) mass is 299 g/mol. The number of hydrogen-bond donors (Lipinski definition) is 1. The SMILES string of the molecule is CCN1CCCc2cccc(CN3CC4(CCNCC4)C3)c21. The lowest BCUT2D eigenvalue weighted by atomic mass is 9.72. The number of nitrogens with zero attached hydrogens (tertiary/aromatic N) is 2. The summed E-state index contributed by atoms with van der Waals surface area (Å²) in [5.41, 5.74) is 5.33. The maximum absolute atomic E-state index is 3.50. The van der Waals surface area contributed by atoms with Gasteiger partial charge in [-0.2, -0.15) is 0 Å².